The predicted octanol–water partition coefficient (Wildman–Crippen LogP) is 0.617. The van der Waals surface area contributed by atoms with Crippen LogP contribution in [0.3, 0.4) is 0 Å². The number of hydrogen-bond acceptors (Lipinski definition) is 9. The Morgan fingerprint density at radius 2 is 2.05 bits per heavy atom. The Bertz CT molecular complexity index is 1690. The highest BCUT2D eigenvalue weighted by Gasteiger charge is 2.46. The summed E-state index contributed by atoms with van der Waals surface area (Å²) in [7, 11) is 0. The highest BCUT2D eigenvalue weighted by atomic mass is 19.1. The molecule has 41 heavy (non-hydrogen) atoms. The van der Waals surface area contributed by atoms with E-state index >= 15 is 0 Å². The van der Waals surface area contributed by atoms with E-state index in [0.29, 0.717) is 35.3 Å². The molecule has 2 aliphatic heterocycles. The van der Waals surface area contributed by atoms with Crippen LogP contribution in [0.15, 0.2) is 16.9 Å². The van der Waals surface area contributed by atoms with Crippen molar-refractivity contribution in [2.45, 2.75) is 63.9 Å². The molecule has 0 saturated carbocycles. The van der Waals surface area contributed by atoms with E-state index in [9.17, 15) is 23.9 Å². The molecule has 0 fully saturated rings. The summed E-state index contributed by atoms with van der Waals surface area (Å²) in [5.41, 5.74) is 13.7. The second-order valence-electron chi connectivity index (χ2n) is 10.4. The number of aromatic nitrogens is 2. The molecule has 2 aromatic heterocycles. The minimum Gasteiger partial charge on any atom is -0.483 e. The van der Waals surface area contributed by atoms with Crippen molar-refractivity contribution < 1.29 is 33.7 Å². The van der Waals surface area contributed by atoms with Crippen LogP contribution in [0.2, 0.25) is 0 Å². The lowest BCUT2D eigenvalue weighted by atomic mass is 9.81. The fraction of sp³-hybridized carbons (Fsp3) is 0.393. The molecule has 1 unspecified atom stereocenters. The van der Waals surface area contributed by atoms with Crippen LogP contribution in [0.5, 0.6) is 0 Å². The number of pyridine rings is 2. The first-order valence-electron chi connectivity index (χ1n) is 13.2. The largest absolute Gasteiger partial charge is 0.483 e. The SMILES string of the molecule is CC[C@@]1(O)C(=O)OCc2c1cc1n(c2=O)Cc2c-1nc1cc(F)c(C)c3c1c2[C@@H](NC(=O)C(N)CN)CC3.O=CO. The van der Waals surface area contributed by atoms with Gasteiger partial charge in [0.15, 0.2) is 5.60 Å². The molecule has 0 saturated heterocycles. The Morgan fingerprint density at radius 3 is 2.71 bits per heavy atom. The quantitative estimate of drug-likeness (QED) is 0.172. The van der Waals surface area contributed by atoms with Crippen LogP contribution in [0, 0.1) is 12.7 Å². The second kappa shape index (κ2) is 10.3. The van der Waals surface area contributed by atoms with Gasteiger partial charge in [0.25, 0.3) is 12.0 Å². The summed E-state index contributed by atoms with van der Waals surface area (Å²) in [5.74, 6) is -1.59. The van der Waals surface area contributed by atoms with Crippen molar-refractivity contribution in [3.05, 3.63) is 61.7 Å². The zero-order valence-electron chi connectivity index (χ0n) is 22.5. The lowest BCUT2D eigenvalue weighted by Gasteiger charge is -2.31. The number of halogens is 1. The van der Waals surface area contributed by atoms with Gasteiger partial charge < -0.3 is 36.3 Å². The van der Waals surface area contributed by atoms with Crippen LogP contribution in [-0.2, 0) is 44.3 Å². The molecule has 12 nitrogen and oxygen atoms in total. The van der Waals surface area contributed by atoms with Gasteiger partial charge in [0.2, 0.25) is 5.91 Å². The Labute approximate surface area is 233 Å². The molecule has 13 heteroatoms. The van der Waals surface area contributed by atoms with Crippen LogP contribution >= 0.6 is 0 Å². The van der Waals surface area contributed by atoms with Crippen LogP contribution < -0.4 is 22.3 Å². The smallest absolute Gasteiger partial charge is 0.343 e. The highest BCUT2D eigenvalue weighted by Crippen LogP contribution is 2.45. The van der Waals surface area contributed by atoms with Crippen LogP contribution in [0.4, 0.5) is 4.39 Å². The normalized spacial score (nSPS) is 20.6. The maximum absolute atomic E-state index is 15.0. The molecule has 0 bridgehead atoms. The van der Waals surface area contributed by atoms with E-state index in [0.717, 1.165) is 22.1 Å². The summed E-state index contributed by atoms with van der Waals surface area (Å²) >= 11 is 0. The van der Waals surface area contributed by atoms with Crippen molar-refractivity contribution >= 4 is 29.3 Å². The summed E-state index contributed by atoms with van der Waals surface area (Å²) < 4.78 is 21.6. The minimum atomic E-state index is -1.96. The molecule has 1 amide bonds. The summed E-state index contributed by atoms with van der Waals surface area (Å²) in [5, 5.41) is 21.8. The van der Waals surface area contributed by atoms with Gasteiger partial charge >= 0.3 is 5.97 Å². The highest BCUT2D eigenvalue weighted by molar-refractivity contribution is 5.94. The average Bonchev–Trinajstić information content (AvgIpc) is 3.33. The standard InChI is InChI=1S/C27H28FN5O5.CH2O2/c1-3-27(37)15-6-20-23-13(9-33(20)25(35)14(15)10-38-26(27)36)22-18(32-24(34)17(30)8-29)5-4-12-11(2)16(28)7-19(31-23)21(12)22;2-1-3/h6-7,17-18,37H,3-5,8-10,29-30H2,1-2H3,(H,32,34);1H,(H,2,3)/t17?,18-,27-;/m0./s1. The second-order valence-corrected chi connectivity index (χ2v) is 10.4. The van der Waals surface area contributed by atoms with E-state index in [1.807, 2.05) is 0 Å². The molecule has 3 aromatic rings. The molecule has 3 atom stereocenters. The molecule has 0 spiro atoms. The molecular weight excluding hydrogens is 537 g/mol. The number of nitrogens with one attached hydrogen (secondary N) is 1. The van der Waals surface area contributed by atoms with Gasteiger partial charge in [0.05, 0.1) is 41.1 Å². The zero-order chi connectivity index (χ0) is 29.8. The van der Waals surface area contributed by atoms with E-state index in [2.05, 4.69) is 5.32 Å². The number of rotatable bonds is 4. The number of fused-ring (bicyclic) bond motifs is 5. The maximum atomic E-state index is 15.0. The molecule has 0 radical (unpaired) electrons. The Hall–Kier alpha value is -4.20. The molecule has 1 aliphatic carbocycles. The van der Waals surface area contributed by atoms with Crippen LogP contribution in [-0.4, -0.2) is 50.7 Å². The molecule has 7 N–H and O–H groups in total. The fourth-order valence-corrected chi connectivity index (χ4v) is 6.08. The van der Waals surface area contributed by atoms with Gasteiger partial charge in [-0.05, 0) is 48.9 Å². The first-order valence-corrected chi connectivity index (χ1v) is 13.2. The molecular formula is C28H30FN5O7. The molecule has 216 valence electrons. The van der Waals surface area contributed by atoms with Crippen LogP contribution in [0.1, 0.15) is 59.2 Å². The van der Waals surface area contributed by atoms with Crippen molar-refractivity contribution in [3.8, 4) is 11.4 Å². The molecule has 3 aliphatic rings. The molecule has 6 rings (SSSR count). The first kappa shape index (κ1) is 28.3. The number of aryl methyl sites for hydroxylation is 1. The number of nitrogens with two attached hydrogens (primary N) is 2. The van der Waals surface area contributed by atoms with Gasteiger partial charge in [-0.1, -0.05) is 6.92 Å². The van der Waals surface area contributed by atoms with E-state index in [-0.39, 0.29) is 49.5 Å². The number of aliphatic hydroxyl groups is 1. The van der Waals surface area contributed by atoms with Crippen molar-refractivity contribution in [3.63, 3.8) is 0 Å². The Kier molecular flexibility index (Phi) is 7.14. The lowest BCUT2D eigenvalue weighted by molar-refractivity contribution is -0.172. The van der Waals surface area contributed by atoms with E-state index in [4.69, 9.17) is 31.1 Å². The summed E-state index contributed by atoms with van der Waals surface area (Å²) in [6.45, 7) is 3.02. The zero-order valence-corrected chi connectivity index (χ0v) is 22.5. The number of ether oxygens (including phenoxy) is 1. The first-order chi connectivity index (χ1) is 19.5. The van der Waals surface area contributed by atoms with Crippen molar-refractivity contribution in [1.82, 2.24) is 14.9 Å². The summed E-state index contributed by atoms with van der Waals surface area (Å²) in [6.07, 6.45) is 1.06. The Balaban J connectivity index is 0.00000108. The lowest BCUT2D eigenvalue weighted by Crippen LogP contribution is -2.47. The Morgan fingerprint density at radius 1 is 1.34 bits per heavy atom. The van der Waals surface area contributed by atoms with Crippen molar-refractivity contribution in [1.29, 1.82) is 0 Å². The molecule has 4 heterocycles. The van der Waals surface area contributed by atoms with Gasteiger partial charge in [-0.25, -0.2) is 14.2 Å². The number of carbonyl (C=O) groups is 3. The summed E-state index contributed by atoms with van der Waals surface area (Å²) in [4.78, 5) is 52.0. The maximum Gasteiger partial charge on any atom is 0.343 e. The third-order valence-corrected chi connectivity index (χ3v) is 8.29. The van der Waals surface area contributed by atoms with Gasteiger partial charge in [0.1, 0.15) is 12.4 Å². The number of esters is 1. The van der Waals surface area contributed by atoms with Gasteiger partial charge in [-0.15, -0.1) is 0 Å². The van der Waals surface area contributed by atoms with E-state index in [1.165, 1.54) is 10.6 Å². The number of benzene rings is 1. The third kappa shape index (κ3) is 4.19. The molecule has 1 aromatic carbocycles. The monoisotopic (exact) mass is 567 g/mol. The number of amides is 1. The van der Waals surface area contributed by atoms with Gasteiger partial charge in [-0.2, -0.15) is 0 Å². The number of carbonyl (C=O) groups excluding carboxylic acids is 2. The van der Waals surface area contributed by atoms with E-state index in [1.54, 1.807) is 19.9 Å². The van der Waals surface area contributed by atoms with E-state index < -0.39 is 35.1 Å². The van der Waals surface area contributed by atoms with Crippen molar-refractivity contribution in [2.75, 3.05) is 6.54 Å². The summed E-state index contributed by atoms with van der Waals surface area (Å²) in [6, 6.07) is 1.65. The fourth-order valence-electron chi connectivity index (χ4n) is 6.08. The number of cyclic esters (lactones) is 1. The minimum absolute atomic E-state index is 0.0170. The van der Waals surface area contributed by atoms with Gasteiger partial charge in [0, 0.05) is 29.1 Å². The average molecular weight is 568 g/mol. The topological polar surface area (TPSA) is 200 Å². The predicted molar refractivity (Wildman–Crippen MR) is 144 cm³/mol. The number of carboxylic acid groups (broad SMARTS) is 1. The van der Waals surface area contributed by atoms with Crippen LogP contribution in [0.25, 0.3) is 22.3 Å². The number of nitrogens with zero attached hydrogens (tertiary/aromatic N) is 2. The number of hydrogen-bond donors (Lipinski definition) is 5. The third-order valence-electron chi connectivity index (χ3n) is 8.29. The van der Waals surface area contributed by atoms with Crippen molar-refractivity contribution in [2.24, 2.45) is 11.5 Å². The van der Waals surface area contributed by atoms with Gasteiger partial charge in [-0.3, -0.25) is 14.4 Å².